The number of carbonyl (C=O) groups is 7. The van der Waals surface area contributed by atoms with E-state index < -0.39 is 54.6 Å². The second kappa shape index (κ2) is 28.7. The molecule has 0 saturated heterocycles. The van der Waals surface area contributed by atoms with Crippen molar-refractivity contribution in [2.45, 2.75) is 59.2 Å². The largest absolute Gasteiger partial charge is 0.493 e. The number of rotatable bonds is 27. The number of anilines is 1. The van der Waals surface area contributed by atoms with Gasteiger partial charge in [-0.2, -0.15) is 0 Å². The number of amides is 7. The zero-order valence-electron chi connectivity index (χ0n) is 41.5. The van der Waals surface area contributed by atoms with Crippen molar-refractivity contribution >= 4 is 59.6 Å². The lowest BCUT2D eigenvalue weighted by Crippen LogP contribution is -2.55. The summed E-state index contributed by atoms with van der Waals surface area (Å²) >= 11 is 0. The summed E-state index contributed by atoms with van der Waals surface area (Å²) in [4.78, 5) is 91.3. The Morgan fingerprint density at radius 3 is 1.86 bits per heavy atom. The van der Waals surface area contributed by atoms with Gasteiger partial charge < -0.3 is 70.0 Å². The van der Waals surface area contributed by atoms with Gasteiger partial charge in [-0.15, -0.1) is 0 Å². The summed E-state index contributed by atoms with van der Waals surface area (Å²) in [6, 6.07) is 12.3. The number of primary amides is 1. The molecule has 21 heteroatoms. The molecular formula is C49H67N7O14. The van der Waals surface area contributed by atoms with Gasteiger partial charge in [-0.05, 0) is 71.8 Å². The highest BCUT2D eigenvalue weighted by atomic mass is 16.6. The Hall–Kier alpha value is -7.55. The summed E-state index contributed by atoms with van der Waals surface area (Å²) in [7, 11) is 9.10. The number of hydrogen-bond donors (Lipinski definition) is 5. The molecule has 0 heterocycles. The predicted octanol–water partition coefficient (Wildman–Crippen LogP) is 4.84. The molecule has 7 amide bonds. The summed E-state index contributed by atoms with van der Waals surface area (Å²) in [5.41, 5.74) is 7.63. The normalized spacial score (nSPS) is 11.8. The molecule has 3 aromatic carbocycles. The lowest BCUT2D eigenvalue weighted by atomic mass is 10.0. The smallest absolute Gasteiger partial charge is 0.415 e. The Labute approximate surface area is 408 Å². The fraction of sp³-hybridized carbons (Fsp3) is 0.449. The quantitative estimate of drug-likeness (QED) is 0.0506. The first-order valence-electron chi connectivity index (χ1n) is 22.4. The molecule has 382 valence electrons. The molecule has 0 radical (unpaired) electrons. The highest BCUT2D eigenvalue weighted by molar-refractivity contribution is 5.98. The monoisotopic (exact) mass is 977 g/mol. The number of methoxy groups -OCH3 is 4. The highest BCUT2D eigenvalue weighted by Gasteiger charge is 2.29. The Morgan fingerprint density at radius 2 is 1.29 bits per heavy atom. The predicted molar refractivity (Wildman–Crippen MR) is 261 cm³/mol. The Kier molecular flexibility index (Phi) is 23.3. The Morgan fingerprint density at radius 1 is 0.686 bits per heavy atom. The van der Waals surface area contributed by atoms with Gasteiger partial charge in [0.2, 0.25) is 23.5 Å². The van der Waals surface area contributed by atoms with Gasteiger partial charge in [0.15, 0.2) is 28.8 Å². The molecule has 0 aromatic heterocycles. The van der Waals surface area contributed by atoms with Crippen LogP contribution in [0.25, 0.3) is 12.2 Å². The van der Waals surface area contributed by atoms with Crippen molar-refractivity contribution in [3.05, 3.63) is 71.3 Å². The van der Waals surface area contributed by atoms with Crippen molar-refractivity contribution < 1.29 is 66.7 Å². The van der Waals surface area contributed by atoms with Crippen molar-refractivity contribution in [3.8, 4) is 28.7 Å². The maximum absolute atomic E-state index is 13.5. The summed E-state index contributed by atoms with van der Waals surface area (Å²) in [6.45, 7) is 6.44. The van der Waals surface area contributed by atoms with E-state index >= 15 is 0 Å². The molecule has 0 bridgehead atoms. The van der Waals surface area contributed by atoms with Crippen LogP contribution in [-0.2, 0) is 35.3 Å². The minimum Gasteiger partial charge on any atom is -0.493 e. The van der Waals surface area contributed by atoms with Gasteiger partial charge in [-0.3, -0.25) is 19.2 Å². The van der Waals surface area contributed by atoms with Crippen molar-refractivity contribution in [1.29, 1.82) is 0 Å². The summed E-state index contributed by atoms with van der Waals surface area (Å²) in [5, 5.41) is 10.5. The molecule has 0 aliphatic heterocycles. The molecule has 0 unspecified atom stereocenters. The topological polar surface area (TPSA) is 265 Å². The number of nitrogens with one attached hydrogen (secondary N) is 4. The first-order valence-corrected chi connectivity index (χ1v) is 22.4. The lowest BCUT2D eigenvalue weighted by Gasteiger charge is -2.25. The molecule has 2 atom stereocenters. The standard InChI is InChI=1S/C49H67N7O14/c1-30(2)37(57)28-68-29-42(58)54-43(31(3)4)46(60)53-36(12-11-21-51-47(50)61)45(59)52-35-18-15-33(16-19-35)27-69-48(62)55(5)22-23-56(6)49(63)70-39-24-32(17-20-38(39)64-7)13-14-34-25-40(65-8)44(67-10)41(26-34)66-9/h13-20,24-26,30-31,36,43H,11-12,21-23,27-29H2,1-10H3,(H,52,59)(H,53,60)(H,54,58)(H3,50,51,61)/b14-13-/t36-,43-/m0/s1. The van der Waals surface area contributed by atoms with E-state index in [1.165, 1.54) is 52.3 Å². The molecule has 0 aliphatic carbocycles. The van der Waals surface area contributed by atoms with Gasteiger partial charge in [0.05, 0.1) is 28.4 Å². The number of nitrogens with zero attached hydrogens (tertiary/aromatic N) is 2. The van der Waals surface area contributed by atoms with Crippen LogP contribution in [0.1, 0.15) is 57.2 Å². The number of likely N-dealkylation sites (N-methyl/N-ethyl adjacent to an activating group) is 2. The zero-order valence-corrected chi connectivity index (χ0v) is 41.5. The maximum atomic E-state index is 13.5. The Balaban J connectivity index is 1.55. The number of ether oxygens (including phenoxy) is 7. The van der Waals surface area contributed by atoms with Crippen LogP contribution in [0.5, 0.6) is 28.7 Å². The molecule has 3 rings (SSSR count). The van der Waals surface area contributed by atoms with Crippen LogP contribution in [-0.4, -0.2) is 139 Å². The van der Waals surface area contributed by atoms with Crippen LogP contribution in [0.2, 0.25) is 0 Å². The van der Waals surface area contributed by atoms with Gasteiger partial charge in [-0.25, -0.2) is 14.4 Å². The molecule has 70 heavy (non-hydrogen) atoms. The number of benzene rings is 3. The number of carbonyl (C=O) groups excluding carboxylic acids is 7. The first-order chi connectivity index (χ1) is 33.3. The van der Waals surface area contributed by atoms with Gasteiger partial charge in [0.1, 0.15) is 31.9 Å². The molecule has 3 aromatic rings. The Bertz CT molecular complexity index is 2260. The van der Waals surface area contributed by atoms with Crippen molar-refractivity contribution in [3.63, 3.8) is 0 Å². The van der Waals surface area contributed by atoms with Crippen LogP contribution in [0.3, 0.4) is 0 Å². The third kappa shape index (κ3) is 18.5. The van der Waals surface area contributed by atoms with Crippen LogP contribution < -0.4 is 50.7 Å². The minimum absolute atomic E-state index is 0.105. The van der Waals surface area contributed by atoms with Gasteiger partial charge >= 0.3 is 18.2 Å². The van der Waals surface area contributed by atoms with Crippen LogP contribution >= 0.6 is 0 Å². The van der Waals surface area contributed by atoms with E-state index in [-0.39, 0.29) is 69.1 Å². The van der Waals surface area contributed by atoms with E-state index in [0.717, 1.165) is 5.56 Å². The van der Waals surface area contributed by atoms with Crippen molar-refractivity contribution in [1.82, 2.24) is 25.8 Å². The first kappa shape index (κ1) is 56.8. The van der Waals surface area contributed by atoms with Crippen LogP contribution in [0, 0.1) is 11.8 Å². The molecule has 21 nitrogen and oxygen atoms in total. The number of Topliss-reactive ketones (excluding diaryl/α,β-unsaturated/α-hetero) is 1. The molecule has 0 fully saturated rings. The van der Waals surface area contributed by atoms with Crippen LogP contribution in [0.4, 0.5) is 20.1 Å². The highest BCUT2D eigenvalue weighted by Crippen LogP contribution is 2.39. The van der Waals surface area contributed by atoms with E-state index in [1.807, 2.05) is 12.2 Å². The second-order valence-corrected chi connectivity index (χ2v) is 16.6. The summed E-state index contributed by atoms with van der Waals surface area (Å²) < 4.78 is 38.1. The average Bonchev–Trinajstić information content (AvgIpc) is 3.33. The number of ketones is 1. The lowest BCUT2D eigenvalue weighted by molar-refractivity contribution is -0.135. The number of nitrogens with two attached hydrogens (primary N) is 1. The van der Waals surface area contributed by atoms with E-state index in [4.69, 9.17) is 38.9 Å². The third-order valence-electron chi connectivity index (χ3n) is 10.5. The minimum atomic E-state index is -1.08. The van der Waals surface area contributed by atoms with Gasteiger partial charge in [-0.1, -0.05) is 58.0 Å². The molecule has 0 saturated carbocycles. The van der Waals surface area contributed by atoms with Crippen molar-refractivity contribution in [2.24, 2.45) is 17.6 Å². The average molecular weight is 978 g/mol. The molecule has 6 N–H and O–H groups in total. The summed E-state index contributed by atoms with van der Waals surface area (Å²) in [6.07, 6.45) is 2.70. The summed E-state index contributed by atoms with van der Waals surface area (Å²) in [5.74, 6) is -0.640. The van der Waals surface area contributed by atoms with Crippen molar-refractivity contribution in [2.75, 3.05) is 80.7 Å². The number of hydrogen-bond acceptors (Lipinski definition) is 14. The fourth-order valence-electron chi connectivity index (χ4n) is 6.30. The van der Waals surface area contributed by atoms with Gasteiger partial charge in [0, 0.05) is 45.3 Å². The second-order valence-electron chi connectivity index (χ2n) is 16.6. The van der Waals surface area contributed by atoms with Gasteiger partial charge in [0.25, 0.3) is 0 Å². The zero-order chi connectivity index (χ0) is 51.9. The number of urea groups is 1. The maximum Gasteiger partial charge on any atom is 0.415 e. The van der Waals surface area contributed by atoms with E-state index in [0.29, 0.717) is 39.8 Å². The third-order valence-corrected chi connectivity index (χ3v) is 10.5. The fourth-order valence-corrected chi connectivity index (χ4v) is 6.30. The molecular weight excluding hydrogens is 911 g/mol. The molecule has 0 spiro atoms. The van der Waals surface area contributed by atoms with E-state index in [9.17, 15) is 33.6 Å². The van der Waals surface area contributed by atoms with Crippen LogP contribution in [0.15, 0.2) is 54.6 Å². The molecule has 0 aliphatic rings. The van der Waals surface area contributed by atoms with E-state index in [2.05, 4.69) is 21.3 Å². The van der Waals surface area contributed by atoms with E-state index in [1.54, 1.807) is 82.3 Å². The SMILES string of the molecule is COc1ccc(/C=C\c2cc(OC)c(OC)c(OC)c2)cc1OC(=O)N(C)CCN(C)C(=O)OCc1ccc(NC(=O)[C@H](CCCNC(N)=O)NC(=O)[C@@H](NC(=O)COCC(=O)C(C)C)C(C)C)cc1.